The predicted molar refractivity (Wildman–Crippen MR) is 73.5 cm³/mol. The van der Waals surface area contributed by atoms with Gasteiger partial charge in [0.15, 0.2) is 0 Å². The minimum absolute atomic E-state index is 0.154. The minimum atomic E-state index is 0.154. The van der Waals surface area contributed by atoms with Gasteiger partial charge in [-0.1, -0.05) is 12.7 Å². The van der Waals surface area contributed by atoms with Crippen molar-refractivity contribution in [3.8, 4) is 0 Å². The van der Waals surface area contributed by atoms with E-state index in [9.17, 15) is 4.79 Å². The van der Waals surface area contributed by atoms with Gasteiger partial charge in [0.2, 0.25) is 5.91 Å². The molecule has 0 saturated carbocycles. The van der Waals surface area contributed by atoms with Crippen molar-refractivity contribution in [2.45, 2.75) is 13.8 Å². The molecule has 4 heteroatoms. The second-order valence-corrected chi connectivity index (χ2v) is 4.60. The molecule has 2 heterocycles. The number of aryl methyl sites for hydroxylation is 1. The number of carbonyl (C=O) groups is 1. The molecule has 0 atom stereocenters. The van der Waals surface area contributed by atoms with Crippen LogP contribution in [0.4, 0.5) is 5.82 Å². The second-order valence-electron chi connectivity index (χ2n) is 4.60. The normalized spacial score (nSPS) is 15.7. The largest absolute Gasteiger partial charge is 0.353 e. The van der Waals surface area contributed by atoms with Gasteiger partial charge in [0.05, 0.1) is 0 Å². The molecule has 0 aromatic carbocycles. The van der Waals surface area contributed by atoms with Gasteiger partial charge in [0.25, 0.3) is 0 Å². The summed E-state index contributed by atoms with van der Waals surface area (Å²) in [6, 6.07) is 2.08. The van der Waals surface area contributed by atoms with Crippen molar-refractivity contribution >= 4 is 17.8 Å². The Balaban J connectivity index is 2.08. The Morgan fingerprint density at radius 2 is 2.06 bits per heavy atom. The van der Waals surface area contributed by atoms with Crippen LogP contribution in [0.25, 0.3) is 6.08 Å². The summed E-state index contributed by atoms with van der Waals surface area (Å²) in [5, 5.41) is 0. The van der Waals surface area contributed by atoms with Crippen molar-refractivity contribution in [3.05, 3.63) is 30.0 Å². The lowest BCUT2D eigenvalue weighted by molar-refractivity contribution is -0.129. The summed E-state index contributed by atoms with van der Waals surface area (Å²) in [4.78, 5) is 19.8. The van der Waals surface area contributed by atoms with E-state index in [4.69, 9.17) is 0 Å². The molecule has 18 heavy (non-hydrogen) atoms. The van der Waals surface area contributed by atoms with E-state index in [-0.39, 0.29) is 5.91 Å². The highest BCUT2D eigenvalue weighted by molar-refractivity contribution is 5.73. The standard InChI is InChI=1S/C14H19N3O/c1-4-13-10-15-14(9-11(13)2)17-7-5-16(6-8-17)12(3)18/h4,9-10H,1,5-8H2,2-3H3. The number of anilines is 1. The van der Waals surface area contributed by atoms with Gasteiger partial charge >= 0.3 is 0 Å². The van der Waals surface area contributed by atoms with Crippen LogP contribution in [0.15, 0.2) is 18.8 Å². The molecule has 0 N–H and O–H groups in total. The fourth-order valence-electron chi connectivity index (χ4n) is 2.19. The zero-order valence-corrected chi connectivity index (χ0v) is 11.0. The first kappa shape index (κ1) is 12.6. The van der Waals surface area contributed by atoms with Crippen LogP contribution >= 0.6 is 0 Å². The number of hydrogen-bond acceptors (Lipinski definition) is 3. The molecule has 2 rings (SSSR count). The highest BCUT2D eigenvalue weighted by atomic mass is 16.2. The molecular formula is C14H19N3O. The van der Waals surface area contributed by atoms with Crippen LogP contribution < -0.4 is 4.90 Å². The van der Waals surface area contributed by atoms with E-state index < -0.39 is 0 Å². The Labute approximate surface area is 108 Å². The van der Waals surface area contributed by atoms with Gasteiger partial charge in [-0.15, -0.1) is 0 Å². The zero-order valence-electron chi connectivity index (χ0n) is 11.0. The first-order chi connectivity index (χ1) is 8.61. The second kappa shape index (κ2) is 5.21. The quantitative estimate of drug-likeness (QED) is 0.795. The van der Waals surface area contributed by atoms with Gasteiger partial charge in [-0.05, 0) is 24.1 Å². The molecule has 0 unspecified atom stereocenters. The molecule has 0 bridgehead atoms. The van der Waals surface area contributed by atoms with Crippen LogP contribution in [-0.4, -0.2) is 42.0 Å². The highest BCUT2D eigenvalue weighted by Gasteiger charge is 2.19. The molecule has 1 aromatic rings. The monoisotopic (exact) mass is 245 g/mol. The predicted octanol–water partition coefficient (Wildman–Crippen LogP) is 1.70. The van der Waals surface area contributed by atoms with Crippen LogP contribution in [0.1, 0.15) is 18.1 Å². The van der Waals surface area contributed by atoms with Gasteiger partial charge in [0.1, 0.15) is 5.82 Å². The van der Waals surface area contributed by atoms with E-state index in [2.05, 4.69) is 29.5 Å². The Hall–Kier alpha value is -1.84. The number of aromatic nitrogens is 1. The van der Waals surface area contributed by atoms with E-state index in [0.717, 1.165) is 37.6 Å². The number of pyridine rings is 1. The summed E-state index contributed by atoms with van der Waals surface area (Å²) in [6.45, 7) is 10.7. The third-order valence-electron chi connectivity index (χ3n) is 3.41. The molecule has 1 aromatic heterocycles. The van der Waals surface area contributed by atoms with Crippen molar-refractivity contribution in [2.75, 3.05) is 31.1 Å². The van der Waals surface area contributed by atoms with Crippen LogP contribution in [0.5, 0.6) is 0 Å². The molecule has 1 saturated heterocycles. The molecule has 1 fully saturated rings. The van der Waals surface area contributed by atoms with Gasteiger partial charge in [-0.25, -0.2) is 4.98 Å². The molecular weight excluding hydrogens is 226 g/mol. The molecule has 1 aliphatic rings. The van der Waals surface area contributed by atoms with E-state index in [1.54, 1.807) is 6.92 Å². The third-order valence-corrected chi connectivity index (χ3v) is 3.41. The lowest BCUT2D eigenvalue weighted by atomic mass is 10.1. The summed E-state index contributed by atoms with van der Waals surface area (Å²) in [5.41, 5.74) is 2.25. The fourth-order valence-corrected chi connectivity index (χ4v) is 2.19. The number of nitrogens with zero attached hydrogens (tertiary/aromatic N) is 3. The number of hydrogen-bond donors (Lipinski definition) is 0. The van der Waals surface area contributed by atoms with Crippen molar-refractivity contribution in [1.82, 2.24) is 9.88 Å². The molecule has 0 radical (unpaired) electrons. The van der Waals surface area contributed by atoms with Crippen LogP contribution in [0, 0.1) is 6.92 Å². The Bertz CT molecular complexity index is 462. The maximum absolute atomic E-state index is 11.3. The van der Waals surface area contributed by atoms with Crippen molar-refractivity contribution in [1.29, 1.82) is 0 Å². The average molecular weight is 245 g/mol. The molecule has 1 amide bonds. The zero-order chi connectivity index (χ0) is 13.1. The maximum Gasteiger partial charge on any atom is 0.219 e. The molecule has 4 nitrogen and oxygen atoms in total. The Kier molecular flexibility index (Phi) is 3.65. The highest BCUT2D eigenvalue weighted by Crippen LogP contribution is 2.18. The summed E-state index contributed by atoms with van der Waals surface area (Å²) in [5.74, 6) is 1.14. The van der Waals surface area contributed by atoms with E-state index >= 15 is 0 Å². The van der Waals surface area contributed by atoms with E-state index in [0.29, 0.717) is 0 Å². The van der Waals surface area contributed by atoms with Crippen LogP contribution in [0.2, 0.25) is 0 Å². The summed E-state index contributed by atoms with van der Waals surface area (Å²) in [6.07, 6.45) is 3.68. The maximum atomic E-state index is 11.3. The summed E-state index contributed by atoms with van der Waals surface area (Å²) >= 11 is 0. The third kappa shape index (κ3) is 2.53. The molecule has 96 valence electrons. The molecule has 0 spiro atoms. The van der Waals surface area contributed by atoms with Gasteiger partial charge in [0, 0.05) is 39.3 Å². The SMILES string of the molecule is C=Cc1cnc(N2CCN(C(C)=O)CC2)cc1C. The van der Waals surface area contributed by atoms with Gasteiger partial charge < -0.3 is 9.80 Å². The van der Waals surface area contributed by atoms with Crippen LogP contribution in [-0.2, 0) is 4.79 Å². The number of carbonyl (C=O) groups excluding carboxylic acids is 1. The minimum Gasteiger partial charge on any atom is -0.353 e. The fraction of sp³-hybridized carbons (Fsp3) is 0.429. The summed E-state index contributed by atoms with van der Waals surface area (Å²) < 4.78 is 0. The summed E-state index contributed by atoms with van der Waals surface area (Å²) in [7, 11) is 0. The lowest BCUT2D eigenvalue weighted by Crippen LogP contribution is -2.48. The van der Waals surface area contributed by atoms with Crippen molar-refractivity contribution < 1.29 is 4.79 Å². The van der Waals surface area contributed by atoms with Crippen molar-refractivity contribution in [3.63, 3.8) is 0 Å². The first-order valence-corrected chi connectivity index (χ1v) is 6.21. The molecule has 0 aliphatic carbocycles. The van der Waals surface area contributed by atoms with E-state index in [1.807, 2.05) is 17.2 Å². The average Bonchev–Trinajstić information content (AvgIpc) is 2.38. The Morgan fingerprint density at radius 3 is 2.56 bits per heavy atom. The molecule has 1 aliphatic heterocycles. The van der Waals surface area contributed by atoms with E-state index in [1.165, 1.54) is 5.56 Å². The lowest BCUT2D eigenvalue weighted by Gasteiger charge is -2.35. The smallest absolute Gasteiger partial charge is 0.219 e. The van der Waals surface area contributed by atoms with Gasteiger partial charge in [-0.2, -0.15) is 0 Å². The van der Waals surface area contributed by atoms with Crippen LogP contribution in [0.3, 0.4) is 0 Å². The van der Waals surface area contributed by atoms with Gasteiger partial charge in [-0.3, -0.25) is 4.79 Å². The Morgan fingerprint density at radius 1 is 1.39 bits per heavy atom. The topological polar surface area (TPSA) is 36.4 Å². The number of rotatable bonds is 2. The van der Waals surface area contributed by atoms with Crippen molar-refractivity contribution in [2.24, 2.45) is 0 Å². The first-order valence-electron chi connectivity index (χ1n) is 6.21. The number of piperazine rings is 1. The number of amides is 1.